The number of aliphatic hydroxyl groups is 1. The van der Waals surface area contributed by atoms with Crippen LogP contribution in [0.3, 0.4) is 0 Å². The van der Waals surface area contributed by atoms with Crippen LogP contribution in [0.25, 0.3) is 76.8 Å². The van der Waals surface area contributed by atoms with E-state index in [9.17, 15) is 103 Å². The minimum absolute atomic E-state index is 0.0294. The third-order valence-corrected chi connectivity index (χ3v) is 29.0. The quantitative estimate of drug-likeness (QED) is 0.0340. The van der Waals surface area contributed by atoms with Gasteiger partial charge in [-0.3, -0.25) is 0 Å². The highest BCUT2D eigenvalue weighted by Gasteiger charge is 2.34. The number of hydrogen-bond acceptors (Lipinski definition) is 37. The zero-order valence-electron chi connectivity index (χ0n) is 79.9. The van der Waals surface area contributed by atoms with Gasteiger partial charge in [-0.1, -0.05) is 51.9 Å². The van der Waals surface area contributed by atoms with E-state index in [1.165, 1.54) is 85.3 Å². The van der Waals surface area contributed by atoms with Crippen molar-refractivity contribution in [3.05, 3.63) is 272 Å². The van der Waals surface area contributed by atoms with Crippen molar-refractivity contribution in [2.45, 2.75) is 218 Å². The molecule has 7 aliphatic rings. The molecule has 0 radical (unpaired) electrons. The molecule has 7 aliphatic carbocycles. The molecule has 0 fully saturated rings. The number of aryl methyl sites for hydroxylation is 8. The molecule has 21 rings (SSSR count). The van der Waals surface area contributed by atoms with Crippen molar-refractivity contribution in [3.8, 4) is 46.0 Å². The molecule has 0 spiro atoms. The number of aromatic hydroxyl groups is 1. The van der Waals surface area contributed by atoms with Crippen molar-refractivity contribution in [1.82, 2.24) is 0 Å². The number of hydrogen-bond donors (Lipinski definition) is 9. The molecular weight excluding hydrogens is 2090 g/mol. The van der Waals surface area contributed by atoms with E-state index in [4.69, 9.17) is 71.1 Å². The first-order chi connectivity index (χ1) is 70.3. The normalized spacial score (nSPS) is 16.3. The Bertz CT molecular complexity index is 8960. The van der Waals surface area contributed by atoms with Gasteiger partial charge in [0.05, 0.1) is 11.7 Å². The molecule has 44 nitrogen and oxygen atoms in total. The molecule has 51 heteroatoms. The molecule has 0 aliphatic heterocycles. The number of fused-ring (bicyclic) bond motifs is 18. The molecule has 0 bridgehead atoms. The van der Waals surface area contributed by atoms with Crippen LogP contribution in [-0.4, -0.2) is 69.1 Å². The SMILES string of the molecule is CCC1CCc2c(c(=O)oc3cc(OS(N)(=O)=O)ccc23)C1O.NS(=O)(=O)Oc1cc2c3c(cc(=O)oc3c1)CCC2.NS(=O)(=O)Oc1cc2oc(=O)ccc2c2c1CCCC2.NS(=O)(=O)Oc1ccc2c3c(c(=O)oc2c1)CCCCC3.NS(=O)(=O)Oc1ccc2c3c(c(=O)oc2c1)CCCCCC3.NS(=O)(=O)Oc1ccc2c3c(c(=O)oc2c1)CCCCCCC3.NS(=O)(=O)Oc1ccc2c3c(c(=O)oc2c1O)CCCC3. The van der Waals surface area contributed by atoms with Crippen molar-refractivity contribution in [2.24, 2.45) is 41.9 Å². The fourth-order valence-electron chi connectivity index (χ4n) is 19.9. The molecule has 7 heterocycles. The monoisotopic (exact) mass is 2200 g/mol. The van der Waals surface area contributed by atoms with E-state index in [-0.39, 0.29) is 74.2 Å². The Hall–Kier alpha value is -13.3. The molecule has 16 N–H and O–H groups in total. The van der Waals surface area contributed by atoms with Crippen molar-refractivity contribution >= 4 is 149 Å². The Morgan fingerprint density at radius 3 is 0.987 bits per heavy atom. The highest BCUT2D eigenvalue weighted by Crippen LogP contribution is 2.43. The maximum absolute atomic E-state index is 12.3. The summed E-state index contributed by atoms with van der Waals surface area (Å²) >= 11 is 0. The van der Waals surface area contributed by atoms with E-state index in [1.54, 1.807) is 42.5 Å². The Morgan fingerprint density at radius 1 is 0.275 bits per heavy atom. The summed E-state index contributed by atoms with van der Waals surface area (Å²) in [5.41, 5.74) is 10.0. The molecular formula is C98H105N7O37S7. The molecule has 7 aromatic heterocycles. The van der Waals surface area contributed by atoms with Gasteiger partial charge in [0.25, 0.3) is 0 Å². The molecule has 2 atom stereocenters. The Labute approximate surface area is 851 Å². The predicted octanol–water partition coefficient (Wildman–Crippen LogP) is 10.6. The lowest BCUT2D eigenvalue weighted by molar-refractivity contribution is 0.0881. The van der Waals surface area contributed by atoms with Crippen LogP contribution in [-0.2, 0) is 156 Å². The largest absolute Gasteiger partial charge is 0.502 e. The minimum Gasteiger partial charge on any atom is -0.502 e. The Kier molecular flexibility index (Phi) is 33.7. The first kappa shape index (κ1) is 110. The predicted molar refractivity (Wildman–Crippen MR) is 545 cm³/mol. The van der Waals surface area contributed by atoms with Gasteiger partial charge in [0, 0.05) is 114 Å². The van der Waals surface area contributed by atoms with Crippen LogP contribution in [0.1, 0.15) is 213 Å². The van der Waals surface area contributed by atoms with Gasteiger partial charge in [-0.2, -0.15) is 94.9 Å². The number of phenolic OH excluding ortho intramolecular Hbond substituents is 1. The van der Waals surface area contributed by atoms with Gasteiger partial charge in [0.1, 0.15) is 62.2 Å². The minimum atomic E-state index is -4.28. The highest BCUT2D eigenvalue weighted by atomic mass is 32.3. The third-order valence-electron chi connectivity index (χ3n) is 26.0. The van der Waals surface area contributed by atoms with Crippen LogP contribution in [0.5, 0.6) is 46.0 Å². The van der Waals surface area contributed by atoms with E-state index in [0.29, 0.717) is 69.1 Å². The second-order valence-electron chi connectivity index (χ2n) is 36.3. The summed E-state index contributed by atoms with van der Waals surface area (Å²) in [7, 11) is -28.9. The first-order valence-electron chi connectivity index (χ1n) is 47.4. The topological polar surface area (TPSA) is 738 Å². The number of benzene rings is 7. The highest BCUT2D eigenvalue weighted by molar-refractivity contribution is 7.86. The summed E-state index contributed by atoms with van der Waals surface area (Å²) < 4.78 is 223. The molecule has 0 amide bonds. The first-order valence-corrected chi connectivity index (χ1v) is 57.7. The van der Waals surface area contributed by atoms with Gasteiger partial charge >= 0.3 is 112 Å². The van der Waals surface area contributed by atoms with Crippen LogP contribution in [0.2, 0.25) is 0 Å². The lowest BCUT2D eigenvalue weighted by Gasteiger charge is -2.28. The van der Waals surface area contributed by atoms with Crippen molar-refractivity contribution in [3.63, 3.8) is 0 Å². The number of nitrogens with two attached hydrogens (primary N) is 7. The van der Waals surface area contributed by atoms with Gasteiger partial charge < -0.3 is 70.4 Å². The maximum Gasteiger partial charge on any atom is 0.380 e. The average Bonchev–Trinajstić information content (AvgIpc) is 1.17. The summed E-state index contributed by atoms with van der Waals surface area (Å²) in [5.74, 6) is -0.609. The van der Waals surface area contributed by atoms with Crippen LogP contribution < -0.4 is 105 Å². The molecule has 0 saturated heterocycles. The number of rotatable bonds is 15. The van der Waals surface area contributed by atoms with Crippen LogP contribution >= 0.6 is 0 Å². The fraction of sp³-hybridized carbons (Fsp3) is 0.357. The van der Waals surface area contributed by atoms with Crippen molar-refractivity contribution < 1.29 is 129 Å². The zero-order chi connectivity index (χ0) is 107. The van der Waals surface area contributed by atoms with Crippen molar-refractivity contribution in [2.75, 3.05) is 0 Å². The van der Waals surface area contributed by atoms with E-state index in [1.807, 2.05) is 6.92 Å². The summed E-state index contributed by atoms with van der Waals surface area (Å²) in [5, 5.41) is 59.8. The fourth-order valence-corrected chi connectivity index (χ4v) is 22.5. The zero-order valence-corrected chi connectivity index (χ0v) is 85.6. The van der Waals surface area contributed by atoms with Gasteiger partial charge in [-0.15, -0.1) is 0 Å². The molecule has 0 saturated carbocycles. The molecule has 2 unspecified atom stereocenters. The lowest BCUT2D eigenvalue weighted by Crippen LogP contribution is -2.26. The summed E-state index contributed by atoms with van der Waals surface area (Å²) in [4.78, 5) is 83.5. The maximum atomic E-state index is 12.3. The van der Waals surface area contributed by atoms with E-state index >= 15 is 0 Å². The lowest BCUT2D eigenvalue weighted by atomic mass is 9.80. The van der Waals surface area contributed by atoms with Crippen LogP contribution in [0, 0.1) is 5.92 Å². The Morgan fingerprint density at radius 2 is 0.577 bits per heavy atom. The smallest absolute Gasteiger partial charge is 0.380 e. The standard InChI is InChI=1S/C16H19NO5S.C15H17NO6S.C15H17NO5S.C14H15NO5S.C13H13NO6S.C13H13NO5S.C12H11NO5S/c17-23(19,20)22-11-8-9-13-12-6-4-2-1-3-5-7-14(12)16(18)21-15(13)10-11;1-2-8-3-5-11-10-6-4-9(22-23(16,19)20)7-12(10)21-15(18)13(11)14(8)17;16-22(18,19)21-10-7-8-12-11-5-3-1-2-4-6-13(11)15(17)20-14(12)9-10;15-21(17,18)20-9-6-7-11-10-4-2-1-3-5-12(10)14(16)19-13(11)8-9;14-21(17,18)20-10-6-5-8-7-3-1-2-4-9(7)13(16)19-12(8)11(10)15;14-20(16,17)19-12-7-11-10(5-6-13(15)18-11)8-3-1-2-4-9(8)12;13-19(15,16)18-9-4-7-2-1-3-8-5-11(14)17-10(6-9)12(7)8/h8-10H,1-7H2,(H2,17,19,20);4,6-8,14,17H,2-3,5H2,1H3,(H2,16,19,20);7-9H,1-6H2,(H2,16,18,19);6-8H,1-5H2,(H2,15,17,18);5-6,15H,1-4H2,(H2,14,17,18);5-7H,1-4H2,(H2,14,16,17);4-6H,1-3H2,(H2,13,15,16). The molecule has 796 valence electrons. The van der Waals surface area contributed by atoms with Gasteiger partial charge in [0.15, 0.2) is 17.1 Å². The molecule has 149 heavy (non-hydrogen) atoms. The average molecular weight is 2200 g/mol. The number of phenols is 1. The van der Waals surface area contributed by atoms with Gasteiger partial charge in [-0.05, 0) is 284 Å². The van der Waals surface area contributed by atoms with E-state index in [2.05, 4.69) is 25.1 Å². The number of aliphatic hydroxyl groups excluding tert-OH is 1. The Balaban J connectivity index is 0.000000130. The second-order valence-corrected chi connectivity index (χ2v) is 44.4. The molecule has 14 aromatic rings. The molecule has 7 aromatic carbocycles. The van der Waals surface area contributed by atoms with Gasteiger partial charge in [0.2, 0.25) is 5.75 Å². The summed E-state index contributed by atoms with van der Waals surface area (Å²) in [6.07, 6.45) is 28.0. The van der Waals surface area contributed by atoms with E-state index in [0.717, 1.165) is 273 Å². The van der Waals surface area contributed by atoms with Crippen molar-refractivity contribution in [1.29, 1.82) is 0 Å². The van der Waals surface area contributed by atoms with Crippen LogP contribution in [0.4, 0.5) is 0 Å². The summed E-state index contributed by atoms with van der Waals surface area (Å²) in [6, 6.07) is 30.0. The van der Waals surface area contributed by atoms with Crippen LogP contribution in [0.15, 0.2) is 186 Å². The third kappa shape index (κ3) is 28.3. The van der Waals surface area contributed by atoms with Gasteiger partial charge in [-0.25, -0.2) is 33.6 Å². The van der Waals surface area contributed by atoms with E-state index < -0.39 is 106 Å². The summed E-state index contributed by atoms with van der Waals surface area (Å²) in [6.45, 7) is 1.97. The second kappa shape index (κ2) is 45.7.